The van der Waals surface area contributed by atoms with Crippen LogP contribution in [0, 0.1) is 0 Å². The van der Waals surface area contributed by atoms with Crippen LogP contribution in [0.1, 0.15) is 29.5 Å². The summed E-state index contributed by atoms with van der Waals surface area (Å²) in [5.74, 6) is 0. The minimum Gasteiger partial charge on any atom is -0.349 e. The summed E-state index contributed by atoms with van der Waals surface area (Å²) in [6, 6.07) is 17.4. The van der Waals surface area contributed by atoms with Crippen LogP contribution in [0.3, 0.4) is 0 Å². The molecule has 0 aliphatic heterocycles. The van der Waals surface area contributed by atoms with Crippen LogP contribution in [0.25, 0.3) is 0 Å². The molecule has 198 valence electrons. The van der Waals surface area contributed by atoms with Crippen LogP contribution in [0.5, 0.6) is 0 Å². The van der Waals surface area contributed by atoms with Crippen molar-refractivity contribution in [1.29, 1.82) is 0 Å². The number of rotatable bonds is 7. The van der Waals surface area contributed by atoms with Gasteiger partial charge in [0.25, 0.3) is 5.60 Å². The maximum atomic E-state index is 14.2. The molecule has 0 spiro atoms. The second-order valence-electron chi connectivity index (χ2n) is 9.01. The van der Waals surface area contributed by atoms with E-state index in [1.807, 2.05) is 0 Å². The summed E-state index contributed by atoms with van der Waals surface area (Å²) in [6.07, 6.45) is -11.8. The van der Waals surface area contributed by atoms with Gasteiger partial charge >= 0.3 is 12.4 Å². The Balaban J connectivity index is 1.79. The summed E-state index contributed by atoms with van der Waals surface area (Å²) in [6.45, 7) is -0.956. The van der Waals surface area contributed by atoms with Gasteiger partial charge in [-0.05, 0) is 36.1 Å². The first-order chi connectivity index (χ1) is 17.2. The van der Waals surface area contributed by atoms with Crippen molar-refractivity contribution >= 4 is 9.84 Å². The first-order valence-electron chi connectivity index (χ1n) is 11.2. The molecule has 4 nitrogen and oxygen atoms in total. The molecule has 3 aromatic carbocycles. The Morgan fingerprint density at radius 1 is 0.784 bits per heavy atom. The lowest BCUT2D eigenvalue weighted by Crippen LogP contribution is -2.56. The maximum Gasteiger partial charge on any atom is 0.430 e. The Morgan fingerprint density at radius 2 is 1.27 bits per heavy atom. The van der Waals surface area contributed by atoms with Crippen molar-refractivity contribution in [3.8, 4) is 0 Å². The molecule has 0 radical (unpaired) electrons. The molecule has 0 unspecified atom stereocenters. The quantitative estimate of drug-likeness (QED) is 0.371. The van der Waals surface area contributed by atoms with E-state index in [1.54, 1.807) is 12.1 Å². The molecule has 2 N–H and O–H groups in total. The van der Waals surface area contributed by atoms with Gasteiger partial charge in [0.15, 0.2) is 9.84 Å². The van der Waals surface area contributed by atoms with E-state index in [9.17, 15) is 34.8 Å². The number of ether oxygens (including phenoxy) is 1. The van der Waals surface area contributed by atoms with E-state index in [0.29, 0.717) is 12.1 Å². The minimum absolute atomic E-state index is 0.0166. The lowest BCUT2D eigenvalue weighted by molar-refractivity contribution is -0.392. The van der Waals surface area contributed by atoms with Gasteiger partial charge in [0, 0.05) is 11.6 Å². The van der Waals surface area contributed by atoms with Crippen LogP contribution in [0.15, 0.2) is 89.8 Å². The molecular weight excluding hydrogens is 520 g/mol. The summed E-state index contributed by atoms with van der Waals surface area (Å²) < 4.78 is 115. The number of halogens is 6. The van der Waals surface area contributed by atoms with Crippen molar-refractivity contribution in [3.05, 3.63) is 102 Å². The van der Waals surface area contributed by atoms with Crippen LogP contribution < -0.4 is 5.73 Å². The smallest absolute Gasteiger partial charge is 0.349 e. The number of sulfone groups is 1. The number of alkyl halides is 6. The topological polar surface area (TPSA) is 69.4 Å². The lowest BCUT2D eigenvalue weighted by Gasteiger charge is -2.46. The molecule has 4 rings (SSSR count). The van der Waals surface area contributed by atoms with Crippen LogP contribution in [-0.2, 0) is 31.5 Å². The highest BCUT2D eigenvalue weighted by Gasteiger charge is 2.73. The van der Waals surface area contributed by atoms with E-state index in [4.69, 9.17) is 5.73 Å². The average Bonchev–Trinajstić information content (AvgIpc) is 2.82. The molecule has 1 aliphatic carbocycles. The molecule has 1 aliphatic rings. The zero-order chi connectivity index (χ0) is 27.1. The SMILES string of the molecule is NC1CC(c2ccc(C(OCc3ccccc3)(C(F)(F)F)C(F)(F)F)cc2)(S(=O)(=O)c2ccccc2)C1. The molecule has 0 aromatic heterocycles. The van der Waals surface area contributed by atoms with Gasteiger partial charge in [0.05, 0.1) is 11.5 Å². The van der Waals surface area contributed by atoms with E-state index >= 15 is 0 Å². The molecule has 0 amide bonds. The fraction of sp³-hybridized carbons (Fsp3) is 0.308. The molecule has 1 saturated carbocycles. The van der Waals surface area contributed by atoms with Crippen LogP contribution in [0.2, 0.25) is 0 Å². The van der Waals surface area contributed by atoms with Crippen molar-refractivity contribution in [2.24, 2.45) is 5.73 Å². The van der Waals surface area contributed by atoms with Gasteiger partial charge in [-0.25, -0.2) is 8.42 Å². The fourth-order valence-electron chi connectivity index (χ4n) is 4.73. The van der Waals surface area contributed by atoms with E-state index in [2.05, 4.69) is 4.74 Å². The Kier molecular flexibility index (Phi) is 6.93. The van der Waals surface area contributed by atoms with E-state index in [-0.39, 0.29) is 28.9 Å². The zero-order valence-corrected chi connectivity index (χ0v) is 20.1. The lowest BCUT2D eigenvalue weighted by atomic mass is 9.74. The summed E-state index contributed by atoms with van der Waals surface area (Å²) in [7, 11) is -4.06. The van der Waals surface area contributed by atoms with Crippen molar-refractivity contribution in [1.82, 2.24) is 0 Å². The number of hydrogen-bond acceptors (Lipinski definition) is 4. The number of benzene rings is 3. The van der Waals surface area contributed by atoms with E-state index in [0.717, 1.165) is 12.1 Å². The standard InChI is InChI=1S/C26H23F6NO3S/c27-25(28,29)24(26(30,31)32,36-17-18-7-3-1-4-8-18)20-13-11-19(12-14-20)23(15-21(33)16-23)37(34,35)22-9-5-2-6-10-22/h1-14,21H,15-17,33H2. The first kappa shape index (κ1) is 27.2. The molecule has 3 aromatic rings. The second-order valence-corrected chi connectivity index (χ2v) is 11.3. The summed E-state index contributed by atoms with van der Waals surface area (Å²) in [5.41, 5.74) is 0.235. The van der Waals surface area contributed by atoms with Gasteiger partial charge in [0.1, 0.15) is 4.75 Å². The Morgan fingerprint density at radius 3 is 1.73 bits per heavy atom. The average molecular weight is 544 g/mol. The highest BCUT2D eigenvalue weighted by molar-refractivity contribution is 7.92. The van der Waals surface area contributed by atoms with Gasteiger partial charge in [-0.2, -0.15) is 26.3 Å². The Bertz CT molecular complexity index is 1300. The molecule has 0 bridgehead atoms. The number of hydrogen-bond donors (Lipinski definition) is 1. The zero-order valence-electron chi connectivity index (χ0n) is 19.3. The Labute approximate surface area is 210 Å². The van der Waals surface area contributed by atoms with Gasteiger partial charge in [0.2, 0.25) is 0 Å². The van der Waals surface area contributed by atoms with Crippen molar-refractivity contribution < 1.29 is 39.5 Å². The largest absolute Gasteiger partial charge is 0.430 e. The van der Waals surface area contributed by atoms with E-state index < -0.39 is 50.8 Å². The normalized spacial score (nSPS) is 20.9. The molecule has 1 fully saturated rings. The third-order valence-electron chi connectivity index (χ3n) is 6.67. The monoisotopic (exact) mass is 543 g/mol. The van der Waals surface area contributed by atoms with Crippen LogP contribution >= 0.6 is 0 Å². The van der Waals surface area contributed by atoms with Crippen molar-refractivity contribution in [3.63, 3.8) is 0 Å². The van der Waals surface area contributed by atoms with Gasteiger partial charge in [-0.15, -0.1) is 0 Å². The minimum atomic E-state index is -5.87. The maximum absolute atomic E-state index is 14.2. The third-order valence-corrected chi connectivity index (χ3v) is 9.16. The predicted molar refractivity (Wildman–Crippen MR) is 124 cm³/mol. The first-order valence-corrected chi connectivity index (χ1v) is 12.7. The molecule has 0 atom stereocenters. The van der Waals surface area contributed by atoms with Gasteiger partial charge in [-0.1, -0.05) is 72.8 Å². The molecule has 11 heteroatoms. The predicted octanol–water partition coefficient (Wildman–Crippen LogP) is 6.01. The van der Waals surface area contributed by atoms with Crippen molar-refractivity contribution in [2.75, 3.05) is 0 Å². The highest BCUT2D eigenvalue weighted by Crippen LogP contribution is 2.55. The third kappa shape index (κ3) is 4.53. The summed E-state index contributed by atoms with van der Waals surface area (Å²) >= 11 is 0. The summed E-state index contributed by atoms with van der Waals surface area (Å²) in [4.78, 5) is -0.0166. The summed E-state index contributed by atoms with van der Waals surface area (Å²) in [5, 5.41) is 0. The molecule has 0 saturated heterocycles. The highest BCUT2D eigenvalue weighted by atomic mass is 32.2. The Hall–Kier alpha value is -2.89. The fourth-order valence-corrected chi connectivity index (χ4v) is 7.01. The van der Waals surface area contributed by atoms with Crippen LogP contribution in [0.4, 0.5) is 26.3 Å². The molecule has 0 heterocycles. The molecule has 37 heavy (non-hydrogen) atoms. The second kappa shape index (κ2) is 9.45. The molecular formula is C26H23F6NO3S. The number of nitrogens with two attached hydrogens (primary N) is 1. The van der Waals surface area contributed by atoms with Crippen molar-refractivity contribution in [2.45, 2.75) is 53.1 Å². The van der Waals surface area contributed by atoms with Gasteiger partial charge in [-0.3, -0.25) is 0 Å². The van der Waals surface area contributed by atoms with Gasteiger partial charge < -0.3 is 10.5 Å². The van der Waals surface area contributed by atoms with Crippen LogP contribution in [-0.4, -0.2) is 26.8 Å². The van der Waals surface area contributed by atoms with E-state index in [1.165, 1.54) is 48.5 Å².